The van der Waals surface area contributed by atoms with Crippen LogP contribution in [0.4, 0.5) is 0 Å². The molecule has 0 aliphatic carbocycles. The van der Waals surface area contributed by atoms with Gasteiger partial charge in [0.15, 0.2) is 0 Å². The Morgan fingerprint density at radius 2 is 2.22 bits per heavy atom. The highest BCUT2D eigenvalue weighted by Gasteiger charge is 2.07. The second kappa shape index (κ2) is 5.76. The Bertz CT molecular complexity index is 591. The minimum absolute atomic E-state index is 0.224. The fraction of sp³-hybridized carbons (Fsp3) is 0.0833. The Kier molecular flexibility index (Phi) is 4.08. The third-order valence-corrected chi connectivity index (χ3v) is 3.28. The number of hydrazone groups is 1. The van der Waals surface area contributed by atoms with Gasteiger partial charge in [0.2, 0.25) is 0 Å². The topological polar surface area (TPSA) is 59.3 Å². The first-order valence-corrected chi connectivity index (χ1v) is 6.32. The first-order chi connectivity index (χ1) is 8.68. The zero-order chi connectivity index (χ0) is 13.0. The largest absolute Gasteiger partial charge is 0.272 e. The average Bonchev–Trinajstić information content (AvgIpc) is 2.75. The standard InChI is InChI=1S/C12H11IN4O/c1-17-9(6-7-15-17)8-14-16-12(18)10-4-2-3-5-11(10)13/h2-8H,1H3,(H,16,18). The lowest BCUT2D eigenvalue weighted by molar-refractivity contribution is 0.0954. The molecule has 0 fully saturated rings. The van der Waals surface area contributed by atoms with Crippen molar-refractivity contribution in [2.75, 3.05) is 0 Å². The number of aryl methyl sites for hydroxylation is 1. The van der Waals surface area contributed by atoms with Crippen LogP contribution in [0.2, 0.25) is 0 Å². The summed E-state index contributed by atoms with van der Waals surface area (Å²) in [4.78, 5) is 11.8. The Labute approximate surface area is 118 Å². The van der Waals surface area contributed by atoms with Crippen LogP contribution in [-0.4, -0.2) is 21.9 Å². The number of nitrogens with one attached hydrogen (secondary N) is 1. The van der Waals surface area contributed by atoms with E-state index in [9.17, 15) is 4.79 Å². The molecule has 0 unspecified atom stereocenters. The number of nitrogens with zero attached hydrogens (tertiary/aromatic N) is 3. The summed E-state index contributed by atoms with van der Waals surface area (Å²) in [6.07, 6.45) is 3.23. The van der Waals surface area contributed by atoms with Crippen LogP contribution in [0.1, 0.15) is 16.1 Å². The molecule has 2 rings (SSSR count). The Morgan fingerprint density at radius 3 is 2.89 bits per heavy atom. The van der Waals surface area contributed by atoms with E-state index in [0.717, 1.165) is 9.26 Å². The molecule has 0 bridgehead atoms. The molecule has 0 aliphatic heterocycles. The fourth-order valence-electron chi connectivity index (χ4n) is 1.37. The van der Waals surface area contributed by atoms with Gasteiger partial charge in [-0.1, -0.05) is 12.1 Å². The van der Waals surface area contributed by atoms with Crippen LogP contribution in [0, 0.1) is 3.57 Å². The van der Waals surface area contributed by atoms with Crippen LogP contribution in [0.5, 0.6) is 0 Å². The number of hydrogen-bond donors (Lipinski definition) is 1. The normalized spacial score (nSPS) is 10.8. The van der Waals surface area contributed by atoms with Gasteiger partial charge in [-0.2, -0.15) is 10.2 Å². The van der Waals surface area contributed by atoms with E-state index < -0.39 is 0 Å². The molecule has 0 aliphatic rings. The second-order valence-electron chi connectivity index (χ2n) is 3.56. The van der Waals surface area contributed by atoms with Crippen molar-refractivity contribution in [3.05, 3.63) is 51.4 Å². The molecule has 6 heteroatoms. The molecular weight excluding hydrogens is 343 g/mol. The number of carbonyl (C=O) groups excluding carboxylic acids is 1. The minimum atomic E-state index is -0.224. The summed E-state index contributed by atoms with van der Waals surface area (Å²) < 4.78 is 2.56. The van der Waals surface area contributed by atoms with Crippen molar-refractivity contribution in [1.82, 2.24) is 15.2 Å². The molecule has 1 aromatic carbocycles. The monoisotopic (exact) mass is 354 g/mol. The third-order valence-electron chi connectivity index (χ3n) is 2.34. The number of hydrogen-bond acceptors (Lipinski definition) is 3. The zero-order valence-electron chi connectivity index (χ0n) is 9.67. The van der Waals surface area contributed by atoms with Gasteiger partial charge in [-0.15, -0.1) is 0 Å². The summed E-state index contributed by atoms with van der Waals surface area (Å²) in [5.41, 5.74) is 3.92. The third kappa shape index (κ3) is 2.95. The first-order valence-electron chi connectivity index (χ1n) is 5.24. The SMILES string of the molecule is Cn1nccc1C=NNC(=O)c1ccccc1I. The van der Waals surface area contributed by atoms with Crippen LogP contribution in [0.25, 0.3) is 0 Å². The molecule has 2 aromatic rings. The van der Waals surface area contributed by atoms with Gasteiger partial charge in [0.1, 0.15) is 0 Å². The number of aromatic nitrogens is 2. The Balaban J connectivity index is 2.03. The van der Waals surface area contributed by atoms with Crippen molar-refractivity contribution < 1.29 is 4.79 Å². The molecule has 0 saturated heterocycles. The summed E-state index contributed by atoms with van der Waals surface area (Å²) in [6.45, 7) is 0. The van der Waals surface area contributed by atoms with Crippen molar-refractivity contribution in [3.8, 4) is 0 Å². The van der Waals surface area contributed by atoms with Crippen LogP contribution >= 0.6 is 22.6 Å². The first kappa shape index (κ1) is 12.7. The molecular formula is C12H11IN4O. The van der Waals surface area contributed by atoms with Gasteiger partial charge in [-0.25, -0.2) is 5.43 Å². The van der Waals surface area contributed by atoms with E-state index in [4.69, 9.17) is 0 Å². The van der Waals surface area contributed by atoms with Crippen molar-refractivity contribution in [3.63, 3.8) is 0 Å². The minimum Gasteiger partial charge on any atom is -0.267 e. The quantitative estimate of drug-likeness (QED) is 0.519. The van der Waals surface area contributed by atoms with Crippen molar-refractivity contribution in [2.45, 2.75) is 0 Å². The summed E-state index contributed by atoms with van der Waals surface area (Å²) in [6, 6.07) is 9.15. The maximum atomic E-state index is 11.8. The average molecular weight is 354 g/mol. The number of carbonyl (C=O) groups is 1. The highest BCUT2D eigenvalue weighted by molar-refractivity contribution is 14.1. The predicted octanol–water partition coefficient (Wildman–Crippen LogP) is 1.79. The Morgan fingerprint density at radius 1 is 1.44 bits per heavy atom. The fourth-order valence-corrected chi connectivity index (χ4v) is 2.01. The number of benzene rings is 1. The van der Waals surface area contributed by atoms with Gasteiger partial charge in [0.05, 0.1) is 17.5 Å². The Hall–Kier alpha value is -1.70. The highest BCUT2D eigenvalue weighted by Crippen LogP contribution is 2.10. The van der Waals surface area contributed by atoms with Gasteiger partial charge in [-0.3, -0.25) is 9.48 Å². The van der Waals surface area contributed by atoms with Crippen molar-refractivity contribution in [1.29, 1.82) is 0 Å². The predicted molar refractivity (Wildman–Crippen MR) is 77.4 cm³/mol. The lowest BCUT2D eigenvalue weighted by Gasteiger charge is -2.01. The molecule has 18 heavy (non-hydrogen) atoms. The molecule has 0 spiro atoms. The van der Waals surface area contributed by atoms with Gasteiger partial charge in [-0.05, 0) is 40.8 Å². The molecule has 1 heterocycles. The zero-order valence-corrected chi connectivity index (χ0v) is 11.8. The van der Waals surface area contributed by atoms with Crippen molar-refractivity contribution >= 4 is 34.7 Å². The number of rotatable bonds is 3. The molecule has 0 radical (unpaired) electrons. The number of amides is 1. The van der Waals surface area contributed by atoms with Gasteiger partial charge in [0, 0.05) is 16.8 Å². The maximum absolute atomic E-state index is 11.8. The van der Waals surface area contributed by atoms with E-state index >= 15 is 0 Å². The maximum Gasteiger partial charge on any atom is 0.272 e. The molecule has 1 aromatic heterocycles. The van der Waals surface area contributed by atoms with E-state index in [-0.39, 0.29) is 5.91 Å². The summed E-state index contributed by atoms with van der Waals surface area (Å²) >= 11 is 2.12. The second-order valence-corrected chi connectivity index (χ2v) is 4.72. The van der Waals surface area contributed by atoms with E-state index in [2.05, 4.69) is 38.2 Å². The lowest BCUT2D eigenvalue weighted by Crippen LogP contribution is -2.18. The van der Waals surface area contributed by atoms with Gasteiger partial charge < -0.3 is 0 Å². The highest BCUT2D eigenvalue weighted by atomic mass is 127. The lowest BCUT2D eigenvalue weighted by atomic mass is 10.2. The van der Waals surface area contributed by atoms with Crippen LogP contribution in [-0.2, 0) is 7.05 Å². The molecule has 0 saturated carbocycles. The van der Waals surface area contributed by atoms with E-state index in [1.165, 1.54) is 0 Å². The molecule has 0 atom stereocenters. The van der Waals surface area contributed by atoms with Gasteiger partial charge in [0.25, 0.3) is 5.91 Å². The van der Waals surface area contributed by atoms with Crippen molar-refractivity contribution in [2.24, 2.45) is 12.1 Å². The molecule has 5 nitrogen and oxygen atoms in total. The van der Waals surface area contributed by atoms with E-state index in [0.29, 0.717) is 5.56 Å². The summed E-state index contributed by atoms with van der Waals surface area (Å²) in [7, 11) is 1.81. The van der Waals surface area contributed by atoms with Crippen LogP contribution < -0.4 is 5.43 Å². The van der Waals surface area contributed by atoms with Crippen LogP contribution in [0.3, 0.4) is 0 Å². The van der Waals surface area contributed by atoms with Gasteiger partial charge >= 0.3 is 0 Å². The molecule has 1 N–H and O–H groups in total. The van der Waals surface area contributed by atoms with Crippen LogP contribution in [0.15, 0.2) is 41.6 Å². The number of halogens is 1. The summed E-state index contributed by atoms with van der Waals surface area (Å²) in [5, 5.41) is 7.90. The van der Waals surface area contributed by atoms with E-state index in [1.807, 2.05) is 31.3 Å². The smallest absolute Gasteiger partial charge is 0.267 e. The van der Waals surface area contributed by atoms with E-state index in [1.54, 1.807) is 23.2 Å². The molecule has 1 amide bonds. The summed E-state index contributed by atoms with van der Waals surface area (Å²) in [5.74, 6) is -0.224. The molecule has 92 valence electrons.